The Bertz CT molecular complexity index is 563. The standard InChI is InChI=1S/C17H24N2S/c1-3-18-11-13-7-6-10-19(2)17(13)15-12-20-16-9-5-4-8-14(15)16/h4-5,8-9,12-13,17-18H,3,6-7,10-11H2,1-2H3. The average molecular weight is 288 g/mol. The number of hydrogen-bond donors (Lipinski definition) is 1. The van der Waals surface area contributed by atoms with Crippen molar-refractivity contribution in [2.24, 2.45) is 5.92 Å². The van der Waals surface area contributed by atoms with E-state index in [0.717, 1.165) is 19.0 Å². The lowest BCUT2D eigenvalue weighted by atomic mass is 9.84. The summed E-state index contributed by atoms with van der Waals surface area (Å²) < 4.78 is 1.42. The van der Waals surface area contributed by atoms with Crippen LogP contribution in [0.2, 0.25) is 0 Å². The van der Waals surface area contributed by atoms with Gasteiger partial charge in [0, 0.05) is 10.7 Å². The summed E-state index contributed by atoms with van der Waals surface area (Å²) in [5, 5.41) is 7.40. The first-order chi connectivity index (χ1) is 9.81. The lowest BCUT2D eigenvalue weighted by Crippen LogP contribution is -2.40. The van der Waals surface area contributed by atoms with Crippen molar-refractivity contribution < 1.29 is 0 Å². The third-order valence-electron chi connectivity index (χ3n) is 4.49. The summed E-state index contributed by atoms with van der Waals surface area (Å²) in [5.41, 5.74) is 1.54. The molecule has 20 heavy (non-hydrogen) atoms. The van der Waals surface area contributed by atoms with E-state index in [2.05, 4.69) is 53.8 Å². The van der Waals surface area contributed by atoms with E-state index in [-0.39, 0.29) is 0 Å². The maximum Gasteiger partial charge on any atom is 0.0399 e. The molecule has 1 aromatic carbocycles. The third kappa shape index (κ3) is 2.62. The monoisotopic (exact) mass is 288 g/mol. The minimum absolute atomic E-state index is 0.568. The largest absolute Gasteiger partial charge is 0.317 e. The highest BCUT2D eigenvalue weighted by Crippen LogP contribution is 2.40. The van der Waals surface area contributed by atoms with Crippen LogP contribution in [0.4, 0.5) is 0 Å². The first-order valence-corrected chi connectivity index (χ1v) is 8.56. The molecule has 1 aromatic heterocycles. The number of fused-ring (bicyclic) bond motifs is 1. The van der Waals surface area contributed by atoms with Gasteiger partial charge in [-0.05, 0) is 67.8 Å². The predicted molar refractivity (Wildman–Crippen MR) is 88.5 cm³/mol. The number of benzene rings is 1. The summed E-state index contributed by atoms with van der Waals surface area (Å²) in [6.07, 6.45) is 2.66. The number of likely N-dealkylation sites (tertiary alicyclic amines) is 1. The third-order valence-corrected chi connectivity index (χ3v) is 5.47. The molecule has 0 amide bonds. The highest BCUT2D eigenvalue weighted by atomic mass is 32.1. The number of hydrogen-bond acceptors (Lipinski definition) is 3. The molecule has 0 radical (unpaired) electrons. The van der Waals surface area contributed by atoms with Crippen LogP contribution in [0.1, 0.15) is 31.4 Å². The van der Waals surface area contributed by atoms with Crippen molar-refractivity contribution in [3.05, 3.63) is 35.2 Å². The molecule has 0 bridgehead atoms. The Labute approximate surface area is 125 Å². The van der Waals surface area contributed by atoms with Gasteiger partial charge >= 0.3 is 0 Å². The Hall–Kier alpha value is -0.900. The number of nitrogens with zero attached hydrogens (tertiary/aromatic N) is 1. The lowest BCUT2D eigenvalue weighted by Gasteiger charge is -2.39. The van der Waals surface area contributed by atoms with E-state index >= 15 is 0 Å². The summed E-state index contributed by atoms with van der Waals surface area (Å²) >= 11 is 1.89. The normalized spacial score (nSPS) is 24.3. The zero-order chi connectivity index (χ0) is 13.9. The van der Waals surface area contributed by atoms with Crippen LogP contribution in [-0.2, 0) is 0 Å². The van der Waals surface area contributed by atoms with Crippen LogP contribution in [0.5, 0.6) is 0 Å². The van der Waals surface area contributed by atoms with E-state index < -0.39 is 0 Å². The van der Waals surface area contributed by atoms with Gasteiger partial charge in [-0.25, -0.2) is 0 Å². The number of rotatable bonds is 4. The average Bonchev–Trinajstić information content (AvgIpc) is 2.89. The van der Waals surface area contributed by atoms with Crippen molar-refractivity contribution >= 4 is 21.4 Å². The van der Waals surface area contributed by atoms with E-state index in [9.17, 15) is 0 Å². The molecule has 0 aliphatic carbocycles. The molecule has 3 heteroatoms. The van der Waals surface area contributed by atoms with Crippen LogP contribution in [0.25, 0.3) is 10.1 Å². The molecule has 1 saturated heterocycles. The first-order valence-electron chi connectivity index (χ1n) is 7.68. The van der Waals surface area contributed by atoms with Crippen molar-refractivity contribution in [1.29, 1.82) is 0 Å². The Kier molecular flexibility index (Phi) is 4.39. The topological polar surface area (TPSA) is 15.3 Å². The molecule has 1 fully saturated rings. The van der Waals surface area contributed by atoms with Gasteiger partial charge in [-0.1, -0.05) is 25.1 Å². The zero-order valence-electron chi connectivity index (χ0n) is 12.4. The van der Waals surface area contributed by atoms with Crippen LogP contribution in [-0.4, -0.2) is 31.6 Å². The van der Waals surface area contributed by atoms with Crippen LogP contribution in [0.3, 0.4) is 0 Å². The summed E-state index contributed by atoms with van der Waals surface area (Å²) in [7, 11) is 2.29. The fraction of sp³-hybridized carbons (Fsp3) is 0.529. The minimum atomic E-state index is 0.568. The second kappa shape index (κ2) is 6.25. The maximum absolute atomic E-state index is 3.56. The SMILES string of the molecule is CCNCC1CCCN(C)C1c1csc2ccccc12. The first kappa shape index (κ1) is 14.1. The van der Waals surface area contributed by atoms with E-state index in [1.54, 1.807) is 0 Å². The van der Waals surface area contributed by atoms with Gasteiger partial charge in [-0.3, -0.25) is 4.90 Å². The van der Waals surface area contributed by atoms with Gasteiger partial charge in [0.15, 0.2) is 0 Å². The van der Waals surface area contributed by atoms with Crippen LogP contribution >= 0.6 is 11.3 Å². The molecular formula is C17H24N2S. The van der Waals surface area contributed by atoms with Gasteiger partial charge in [0.1, 0.15) is 0 Å². The van der Waals surface area contributed by atoms with Crippen molar-refractivity contribution in [1.82, 2.24) is 10.2 Å². The van der Waals surface area contributed by atoms with Gasteiger partial charge in [0.25, 0.3) is 0 Å². The molecule has 108 valence electrons. The summed E-state index contributed by atoms with van der Waals surface area (Å²) in [4.78, 5) is 2.56. The fourth-order valence-electron chi connectivity index (χ4n) is 3.52. The Balaban J connectivity index is 1.95. The summed E-state index contributed by atoms with van der Waals surface area (Å²) in [6, 6.07) is 9.41. The molecular weight excluding hydrogens is 264 g/mol. The van der Waals surface area contributed by atoms with Crippen molar-refractivity contribution in [2.45, 2.75) is 25.8 Å². The molecule has 0 saturated carbocycles. The highest BCUT2D eigenvalue weighted by molar-refractivity contribution is 7.17. The molecule has 3 rings (SSSR count). The molecule has 1 aliphatic rings. The Morgan fingerprint density at radius 3 is 3.05 bits per heavy atom. The second-order valence-electron chi connectivity index (χ2n) is 5.82. The number of nitrogens with one attached hydrogen (secondary N) is 1. The van der Waals surface area contributed by atoms with Crippen LogP contribution < -0.4 is 5.32 Å². The maximum atomic E-state index is 3.56. The molecule has 2 atom stereocenters. The van der Waals surface area contributed by atoms with E-state index in [1.807, 2.05) is 11.3 Å². The lowest BCUT2D eigenvalue weighted by molar-refractivity contribution is 0.121. The molecule has 1 aliphatic heterocycles. The van der Waals surface area contributed by atoms with E-state index in [4.69, 9.17) is 0 Å². The molecule has 2 aromatic rings. The van der Waals surface area contributed by atoms with Crippen molar-refractivity contribution in [3.63, 3.8) is 0 Å². The van der Waals surface area contributed by atoms with Crippen LogP contribution in [0.15, 0.2) is 29.6 Å². The van der Waals surface area contributed by atoms with Crippen molar-refractivity contribution in [3.8, 4) is 0 Å². The smallest absolute Gasteiger partial charge is 0.0399 e. The van der Waals surface area contributed by atoms with Gasteiger partial charge in [0.05, 0.1) is 0 Å². The molecule has 1 N–H and O–H groups in total. The molecule has 2 nitrogen and oxygen atoms in total. The fourth-order valence-corrected chi connectivity index (χ4v) is 4.51. The van der Waals surface area contributed by atoms with Crippen molar-refractivity contribution in [2.75, 3.05) is 26.7 Å². The Morgan fingerprint density at radius 2 is 2.20 bits per heavy atom. The number of piperidine rings is 1. The van der Waals surface area contributed by atoms with Gasteiger partial charge in [-0.2, -0.15) is 0 Å². The Morgan fingerprint density at radius 1 is 1.35 bits per heavy atom. The predicted octanol–water partition coefficient (Wildman–Crippen LogP) is 3.89. The molecule has 2 unspecified atom stereocenters. The van der Waals surface area contributed by atoms with E-state index in [1.165, 1.54) is 35.0 Å². The second-order valence-corrected chi connectivity index (χ2v) is 6.73. The highest BCUT2D eigenvalue weighted by Gasteiger charge is 2.31. The molecule has 2 heterocycles. The summed E-state index contributed by atoms with van der Waals surface area (Å²) in [6.45, 7) is 5.62. The van der Waals surface area contributed by atoms with Crippen LogP contribution in [0, 0.1) is 5.92 Å². The zero-order valence-corrected chi connectivity index (χ0v) is 13.2. The van der Waals surface area contributed by atoms with Gasteiger partial charge in [0.2, 0.25) is 0 Å². The van der Waals surface area contributed by atoms with E-state index in [0.29, 0.717) is 6.04 Å². The summed E-state index contributed by atoms with van der Waals surface area (Å²) in [5.74, 6) is 0.728. The van der Waals surface area contributed by atoms with Gasteiger partial charge < -0.3 is 5.32 Å². The van der Waals surface area contributed by atoms with Gasteiger partial charge in [-0.15, -0.1) is 11.3 Å². The molecule has 0 spiro atoms. The minimum Gasteiger partial charge on any atom is -0.317 e. The quantitative estimate of drug-likeness (QED) is 0.918. The number of thiophene rings is 1.